The van der Waals surface area contributed by atoms with Crippen molar-refractivity contribution < 1.29 is 0 Å². The number of aromatic nitrogens is 3. The summed E-state index contributed by atoms with van der Waals surface area (Å²) in [5, 5.41) is 7.51. The maximum absolute atomic E-state index is 6.14. The first-order chi connectivity index (χ1) is 8.41. The largest absolute Gasteiger partial charge is 0.322 e. The zero-order chi connectivity index (χ0) is 13.4. The van der Waals surface area contributed by atoms with E-state index in [1.807, 2.05) is 18.7 Å². The fourth-order valence-electron chi connectivity index (χ4n) is 1.98. The van der Waals surface area contributed by atoms with Crippen molar-refractivity contribution in [2.45, 2.75) is 33.7 Å². The van der Waals surface area contributed by atoms with Gasteiger partial charge in [0, 0.05) is 23.7 Å². The SMILES string of the molecule is Cc1nn(C)c(C)c1-c1csc(C(N)C(C)C)n1. The second-order valence-electron chi connectivity index (χ2n) is 5.01. The summed E-state index contributed by atoms with van der Waals surface area (Å²) in [6, 6.07) is 0.0148. The van der Waals surface area contributed by atoms with E-state index < -0.39 is 0 Å². The summed E-state index contributed by atoms with van der Waals surface area (Å²) in [7, 11) is 1.96. The first-order valence-corrected chi connectivity index (χ1v) is 7.01. The minimum absolute atomic E-state index is 0.0148. The van der Waals surface area contributed by atoms with Gasteiger partial charge >= 0.3 is 0 Å². The summed E-state index contributed by atoms with van der Waals surface area (Å²) in [4.78, 5) is 4.68. The van der Waals surface area contributed by atoms with E-state index in [1.165, 1.54) is 0 Å². The molecule has 1 unspecified atom stereocenters. The molecule has 2 aromatic rings. The molecule has 0 aromatic carbocycles. The van der Waals surface area contributed by atoms with Crippen molar-refractivity contribution in [1.82, 2.24) is 14.8 Å². The highest BCUT2D eigenvalue weighted by atomic mass is 32.1. The second kappa shape index (κ2) is 4.82. The van der Waals surface area contributed by atoms with Crippen LogP contribution in [0.1, 0.15) is 36.3 Å². The Morgan fingerprint density at radius 1 is 1.33 bits per heavy atom. The monoisotopic (exact) mass is 264 g/mol. The molecule has 5 heteroatoms. The van der Waals surface area contributed by atoms with Gasteiger partial charge in [0.05, 0.1) is 17.4 Å². The molecule has 2 heterocycles. The van der Waals surface area contributed by atoms with Crippen molar-refractivity contribution in [3.8, 4) is 11.3 Å². The van der Waals surface area contributed by atoms with Crippen LogP contribution in [0.15, 0.2) is 5.38 Å². The first kappa shape index (κ1) is 13.2. The fourth-order valence-corrected chi connectivity index (χ4v) is 2.97. The van der Waals surface area contributed by atoms with E-state index in [-0.39, 0.29) is 6.04 Å². The van der Waals surface area contributed by atoms with Gasteiger partial charge in [0.25, 0.3) is 0 Å². The van der Waals surface area contributed by atoms with Gasteiger partial charge < -0.3 is 5.73 Å². The third-order valence-corrected chi connectivity index (χ3v) is 4.24. The van der Waals surface area contributed by atoms with Crippen molar-refractivity contribution in [2.75, 3.05) is 0 Å². The topological polar surface area (TPSA) is 56.7 Å². The normalized spacial score (nSPS) is 13.3. The first-order valence-electron chi connectivity index (χ1n) is 6.13. The third-order valence-electron chi connectivity index (χ3n) is 3.29. The lowest BCUT2D eigenvalue weighted by atomic mass is 10.1. The molecule has 0 fully saturated rings. The Balaban J connectivity index is 2.41. The number of thiazole rings is 1. The van der Waals surface area contributed by atoms with Gasteiger partial charge in [-0.25, -0.2) is 4.98 Å². The maximum atomic E-state index is 6.14. The Kier molecular flexibility index (Phi) is 3.54. The molecule has 0 saturated carbocycles. The standard InChI is InChI=1S/C13H20N4S/c1-7(2)12(14)13-15-10(6-18-13)11-8(3)16-17(5)9(11)4/h6-7,12H,14H2,1-5H3. The van der Waals surface area contributed by atoms with Crippen LogP contribution in [0.25, 0.3) is 11.3 Å². The Hall–Kier alpha value is -1.20. The summed E-state index contributed by atoms with van der Waals surface area (Å²) in [5.74, 6) is 0.403. The highest BCUT2D eigenvalue weighted by Gasteiger charge is 2.18. The van der Waals surface area contributed by atoms with E-state index in [2.05, 4.69) is 36.2 Å². The van der Waals surface area contributed by atoms with Gasteiger partial charge in [-0.2, -0.15) is 5.10 Å². The van der Waals surface area contributed by atoms with E-state index in [9.17, 15) is 0 Å². The maximum Gasteiger partial charge on any atom is 0.110 e. The molecule has 4 nitrogen and oxygen atoms in total. The Morgan fingerprint density at radius 2 is 2.00 bits per heavy atom. The predicted molar refractivity (Wildman–Crippen MR) is 75.6 cm³/mol. The van der Waals surface area contributed by atoms with Crippen LogP contribution in [-0.2, 0) is 7.05 Å². The number of rotatable bonds is 3. The number of nitrogens with zero attached hydrogens (tertiary/aromatic N) is 3. The molecule has 1 atom stereocenters. The Bertz CT molecular complexity index is 553. The molecule has 0 aliphatic heterocycles. The van der Waals surface area contributed by atoms with Gasteiger partial charge in [0.15, 0.2) is 0 Å². The molecule has 0 radical (unpaired) electrons. The fraction of sp³-hybridized carbons (Fsp3) is 0.538. The van der Waals surface area contributed by atoms with Crippen LogP contribution in [0, 0.1) is 19.8 Å². The summed E-state index contributed by atoms with van der Waals surface area (Å²) in [6.45, 7) is 8.32. The smallest absolute Gasteiger partial charge is 0.110 e. The molecule has 18 heavy (non-hydrogen) atoms. The molecule has 98 valence electrons. The van der Waals surface area contributed by atoms with Gasteiger partial charge in [0.2, 0.25) is 0 Å². The van der Waals surface area contributed by atoms with Crippen LogP contribution >= 0.6 is 11.3 Å². The highest BCUT2D eigenvalue weighted by Crippen LogP contribution is 2.30. The molecule has 0 aliphatic rings. The number of aryl methyl sites for hydroxylation is 2. The van der Waals surface area contributed by atoms with Gasteiger partial charge in [0.1, 0.15) is 5.01 Å². The molecule has 0 spiro atoms. The second-order valence-corrected chi connectivity index (χ2v) is 5.90. The molecule has 0 bridgehead atoms. The van der Waals surface area contributed by atoms with Crippen molar-refractivity contribution in [3.05, 3.63) is 21.8 Å². The number of hydrogen-bond acceptors (Lipinski definition) is 4. The quantitative estimate of drug-likeness (QED) is 0.927. The molecular formula is C13H20N4S. The molecule has 2 aromatic heterocycles. The molecule has 0 saturated heterocycles. The predicted octanol–water partition coefficient (Wildman–Crippen LogP) is 2.82. The molecule has 2 rings (SSSR count). The van der Waals surface area contributed by atoms with E-state index in [0.29, 0.717) is 5.92 Å². The number of nitrogens with two attached hydrogens (primary N) is 1. The van der Waals surface area contributed by atoms with Crippen LogP contribution in [-0.4, -0.2) is 14.8 Å². The summed E-state index contributed by atoms with van der Waals surface area (Å²) in [6.07, 6.45) is 0. The van der Waals surface area contributed by atoms with Gasteiger partial charge in [-0.15, -0.1) is 11.3 Å². The Labute approximate surface area is 112 Å². The lowest BCUT2D eigenvalue weighted by molar-refractivity contribution is 0.512. The van der Waals surface area contributed by atoms with Crippen LogP contribution in [0.5, 0.6) is 0 Å². The minimum atomic E-state index is 0.0148. The average molecular weight is 264 g/mol. The molecular weight excluding hydrogens is 244 g/mol. The molecule has 0 aliphatic carbocycles. The van der Waals surface area contributed by atoms with E-state index in [1.54, 1.807) is 11.3 Å². The van der Waals surface area contributed by atoms with E-state index in [0.717, 1.165) is 27.7 Å². The van der Waals surface area contributed by atoms with Crippen LogP contribution in [0.2, 0.25) is 0 Å². The van der Waals surface area contributed by atoms with Gasteiger partial charge in [-0.05, 0) is 19.8 Å². The summed E-state index contributed by atoms with van der Waals surface area (Å²) < 4.78 is 1.89. The lowest BCUT2D eigenvalue weighted by Crippen LogP contribution is -2.16. The van der Waals surface area contributed by atoms with E-state index in [4.69, 9.17) is 5.73 Å². The zero-order valence-electron chi connectivity index (χ0n) is 11.6. The Morgan fingerprint density at radius 3 is 2.50 bits per heavy atom. The van der Waals surface area contributed by atoms with Crippen molar-refractivity contribution >= 4 is 11.3 Å². The van der Waals surface area contributed by atoms with Crippen LogP contribution in [0.4, 0.5) is 0 Å². The van der Waals surface area contributed by atoms with E-state index >= 15 is 0 Å². The molecule has 0 amide bonds. The zero-order valence-corrected chi connectivity index (χ0v) is 12.4. The molecule has 2 N–H and O–H groups in total. The number of hydrogen-bond donors (Lipinski definition) is 1. The highest BCUT2D eigenvalue weighted by molar-refractivity contribution is 7.10. The van der Waals surface area contributed by atoms with Gasteiger partial charge in [-0.1, -0.05) is 13.8 Å². The van der Waals surface area contributed by atoms with Crippen LogP contribution < -0.4 is 5.73 Å². The third kappa shape index (κ3) is 2.20. The van der Waals surface area contributed by atoms with Crippen molar-refractivity contribution in [1.29, 1.82) is 0 Å². The van der Waals surface area contributed by atoms with Crippen molar-refractivity contribution in [2.24, 2.45) is 18.7 Å². The average Bonchev–Trinajstić information content (AvgIpc) is 2.84. The van der Waals surface area contributed by atoms with Gasteiger partial charge in [-0.3, -0.25) is 4.68 Å². The van der Waals surface area contributed by atoms with Crippen molar-refractivity contribution in [3.63, 3.8) is 0 Å². The summed E-state index contributed by atoms with van der Waals surface area (Å²) in [5.41, 5.74) is 10.4. The minimum Gasteiger partial charge on any atom is -0.322 e. The summed E-state index contributed by atoms with van der Waals surface area (Å²) >= 11 is 1.63. The lowest BCUT2D eigenvalue weighted by Gasteiger charge is -2.11. The van der Waals surface area contributed by atoms with Crippen LogP contribution in [0.3, 0.4) is 0 Å².